The van der Waals surface area contributed by atoms with Gasteiger partial charge in [-0.25, -0.2) is 4.39 Å². The number of amides is 2. The molecule has 1 aromatic carbocycles. The summed E-state index contributed by atoms with van der Waals surface area (Å²) in [7, 11) is 1.55. The number of carbonyl (C=O) groups is 3. The van der Waals surface area contributed by atoms with E-state index in [1.54, 1.807) is 37.1 Å². The van der Waals surface area contributed by atoms with Gasteiger partial charge in [0.15, 0.2) is 0 Å². The van der Waals surface area contributed by atoms with Gasteiger partial charge in [0, 0.05) is 26.6 Å². The average molecular weight is 364 g/mol. The van der Waals surface area contributed by atoms with Crippen LogP contribution in [0.4, 0.5) is 4.39 Å². The zero-order chi connectivity index (χ0) is 19.3. The summed E-state index contributed by atoms with van der Waals surface area (Å²) in [5, 5.41) is 9.00. The highest BCUT2D eigenvalue weighted by atomic mass is 19.1. The van der Waals surface area contributed by atoms with E-state index in [9.17, 15) is 18.8 Å². The van der Waals surface area contributed by atoms with E-state index in [1.165, 1.54) is 11.0 Å². The maximum Gasteiger partial charge on any atom is 0.306 e. The summed E-state index contributed by atoms with van der Waals surface area (Å²) in [6, 6.07) is 6.36. The standard InChI is InChI=1S/C19H25FN2O4/c1-13(15-5-3-4-6-16(15)20)11-17(23)21(2)12-18(24)22-9-7-14(8-10-22)19(25)26/h3-6,13-14H,7-12H2,1-2H3,(H,25,26). The highest BCUT2D eigenvalue weighted by molar-refractivity contribution is 5.85. The topological polar surface area (TPSA) is 77.9 Å². The lowest BCUT2D eigenvalue weighted by Crippen LogP contribution is -2.45. The summed E-state index contributed by atoms with van der Waals surface area (Å²) in [6.07, 6.45) is 0.984. The van der Waals surface area contributed by atoms with Crippen molar-refractivity contribution in [3.63, 3.8) is 0 Å². The third kappa shape index (κ3) is 5.03. The first-order valence-corrected chi connectivity index (χ1v) is 8.78. The van der Waals surface area contributed by atoms with Crippen LogP contribution in [0.1, 0.15) is 37.7 Å². The number of benzene rings is 1. The van der Waals surface area contributed by atoms with Crippen molar-refractivity contribution >= 4 is 17.8 Å². The Morgan fingerprint density at radius 1 is 1.27 bits per heavy atom. The van der Waals surface area contributed by atoms with E-state index in [4.69, 9.17) is 5.11 Å². The molecule has 6 nitrogen and oxygen atoms in total. The van der Waals surface area contributed by atoms with Crippen molar-refractivity contribution in [3.8, 4) is 0 Å². The molecule has 1 aromatic rings. The molecule has 0 radical (unpaired) electrons. The molecular weight excluding hydrogens is 339 g/mol. The van der Waals surface area contributed by atoms with Crippen LogP contribution >= 0.6 is 0 Å². The number of carboxylic acid groups (broad SMARTS) is 1. The molecule has 1 aliphatic heterocycles. The third-order valence-electron chi connectivity index (χ3n) is 4.91. The molecular formula is C19H25FN2O4. The van der Waals surface area contributed by atoms with Crippen LogP contribution in [0.25, 0.3) is 0 Å². The molecule has 26 heavy (non-hydrogen) atoms. The van der Waals surface area contributed by atoms with E-state index < -0.39 is 11.9 Å². The van der Waals surface area contributed by atoms with Crippen molar-refractivity contribution < 1.29 is 23.9 Å². The Morgan fingerprint density at radius 3 is 2.46 bits per heavy atom. The van der Waals surface area contributed by atoms with Crippen molar-refractivity contribution in [1.82, 2.24) is 9.80 Å². The lowest BCUT2D eigenvalue weighted by Gasteiger charge is -2.31. The van der Waals surface area contributed by atoms with Gasteiger partial charge in [0.05, 0.1) is 12.5 Å². The van der Waals surface area contributed by atoms with Crippen LogP contribution in [-0.2, 0) is 14.4 Å². The second kappa shape index (κ2) is 8.78. The fraction of sp³-hybridized carbons (Fsp3) is 0.526. The Labute approximate surface area is 152 Å². The SMILES string of the molecule is CC(CC(=O)N(C)CC(=O)N1CCC(C(=O)O)CC1)c1ccccc1F. The average Bonchev–Trinajstić information content (AvgIpc) is 2.61. The van der Waals surface area contributed by atoms with Crippen LogP contribution in [0.2, 0.25) is 0 Å². The predicted octanol–water partition coefficient (Wildman–Crippen LogP) is 2.10. The molecule has 1 saturated heterocycles. The summed E-state index contributed by atoms with van der Waals surface area (Å²) in [4.78, 5) is 38.6. The van der Waals surface area contributed by atoms with Crippen LogP contribution in [0.15, 0.2) is 24.3 Å². The molecule has 2 rings (SSSR count). The molecule has 1 aliphatic rings. The van der Waals surface area contributed by atoms with Gasteiger partial charge in [-0.3, -0.25) is 14.4 Å². The number of likely N-dealkylation sites (N-methyl/N-ethyl adjacent to an activating group) is 1. The van der Waals surface area contributed by atoms with Crippen molar-refractivity contribution in [2.24, 2.45) is 5.92 Å². The summed E-state index contributed by atoms with van der Waals surface area (Å²) < 4.78 is 13.8. The molecule has 0 spiro atoms. The van der Waals surface area contributed by atoms with Gasteiger partial charge < -0.3 is 14.9 Å². The molecule has 0 saturated carbocycles. The Morgan fingerprint density at radius 2 is 1.88 bits per heavy atom. The number of halogens is 1. The maximum absolute atomic E-state index is 13.8. The first-order chi connectivity index (χ1) is 12.3. The van der Waals surface area contributed by atoms with E-state index in [2.05, 4.69) is 0 Å². The molecule has 0 aliphatic carbocycles. The number of piperidine rings is 1. The first-order valence-electron chi connectivity index (χ1n) is 8.78. The van der Waals surface area contributed by atoms with Gasteiger partial charge in [-0.15, -0.1) is 0 Å². The summed E-state index contributed by atoms with van der Waals surface area (Å²) in [5.74, 6) is -2.27. The number of aliphatic carboxylic acids is 1. The fourth-order valence-corrected chi connectivity index (χ4v) is 3.17. The van der Waals surface area contributed by atoms with Gasteiger partial charge in [0.25, 0.3) is 0 Å². The minimum absolute atomic E-state index is 0.0550. The Bertz CT molecular complexity index is 671. The van der Waals surface area contributed by atoms with Crippen molar-refractivity contribution in [2.75, 3.05) is 26.7 Å². The molecule has 142 valence electrons. The fourth-order valence-electron chi connectivity index (χ4n) is 3.17. The highest BCUT2D eigenvalue weighted by Gasteiger charge is 2.28. The number of hydrogen-bond donors (Lipinski definition) is 1. The quantitative estimate of drug-likeness (QED) is 0.839. The van der Waals surface area contributed by atoms with Crippen LogP contribution < -0.4 is 0 Å². The van der Waals surface area contributed by atoms with Crippen molar-refractivity contribution in [2.45, 2.75) is 32.1 Å². The highest BCUT2D eigenvalue weighted by Crippen LogP contribution is 2.22. The molecule has 1 N–H and O–H groups in total. The monoisotopic (exact) mass is 364 g/mol. The van der Waals surface area contributed by atoms with E-state index in [0.29, 0.717) is 31.5 Å². The minimum atomic E-state index is -0.827. The third-order valence-corrected chi connectivity index (χ3v) is 4.91. The summed E-state index contributed by atoms with van der Waals surface area (Å²) in [6.45, 7) is 2.51. The van der Waals surface area contributed by atoms with E-state index in [-0.39, 0.29) is 36.5 Å². The van der Waals surface area contributed by atoms with Gasteiger partial charge in [-0.1, -0.05) is 25.1 Å². The number of hydrogen-bond acceptors (Lipinski definition) is 3. The molecule has 2 amide bonds. The minimum Gasteiger partial charge on any atom is -0.481 e. The maximum atomic E-state index is 13.8. The Kier molecular flexibility index (Phi) is 6.71. The molecule has 1 atom stereocenters. The molecule has 1 heterocycles. The second-order valence-corrected chi connectivity index (χ2v) is 6.87. The van der Waals surface area contributed by atoms with Crippen LogP contribution in [0.5, 0.6) is 0 Å². The molecule has 7 heteroatoms. The Balaban J connectivity index is 1.84. The second-order valence-electron chi connectivity index (χ2n) is 6.87. The van der Waals surface area contributed by atoms with Gasteiger partial charge in [0.1, 0.15) is 5.82 Å². The first kappa shape index (κ1) is 19.9. The van der Waals surface area contributed by atoms with Crippen LogP contribution in [-0.4, -0.2) is 59.4 Å². The van der Waals surface area contributed by atoms with E-state index in [1.807, 2.05) is 0 Å². The Hall–Kier alpha value is -2.44. The van der Waals surface area contributed by atoms with Crippen LogP contribution in [0, 0.1) is 11.7 Å². The molecule has 1 fully saturated rings. The number of rotatable bonds is 6. The smallest absolute Gasteiger partial charge is 0.306 e. The van der Waals surface area contributed by atoms with Crippen molar-refractivity contribution in [3.05, 3.63) is 35.6 Å². The number of likely N-dealkylation sites (tertiary alicyclic amines) is 1. The normalized spacial score (nSPS) is 16.2. The predicted molar refractivity (Wildman–Crippen MR) is 94.0 cm³/mol. The number of carbonyl (C=O) groups excluding carboxylic acids is 2. The zero-order valence-corrected chi connectivity index (χ0v) is 15.2. The molecule has 1 unspecified atom stereocenters. The number of carboxylic acids is 1. The van der Waals surface area contributed by atoms with Crippen molar-refractivity contribution in [1.29, 1.82) is 0 Å². The summed E-state index contributed by atoms with van der Waals surface area (Å²) >= 11 is 0. The van der Waals surface area contributed by atoms with Gasteiger partial charge in [-0.2, -0.15) is 0 Å². The van der Waals surface area contributed by atoms with Gasteiger partial charge in [0.2, 0.25) is 11.8 Å². The number of nitrogens with zero attached hydrogens (tertiary/aromatic N) is 2. The van der Waals surface area contributed by atoms with Gasteiger partial charge >= 0.3 is 5.97 Å². The van der Waals surface area contributed by atoms with E-state index in [0.717, 1.165) is 0 Å². The largest absolute Gasteiger partial charge is 0.481 e. The summed E-state index contributed by atoms with van der Waals surface area (Å²) in [5.41, 5.74) is 0.483. The zero-order valence-electron chi connectivity index (χ0n) is 15.2. The van der Waals surface area contributed by atoms with E-state index >= 15 is 0 Å². The molecule has 0 bridgehead atoms. The lowest BCUT2D eigenvalue weighted by atomic mass is 9.96. The molecule has 0 aromatic heterocycles. The lowest BCUT2D eigenvalue weighted by molar-refractivity contribution is -0.146. The van der Waals surface area contributed by atoms with Gasteiger partial charge in [-0.05, 0) is 30.4 Å². The van der Waals surface area contributed by atoms with Crippen LogP contribution in [0.3, 0.4) is 0 Å².